The molecule has 6 nitrogen and oxygen atoms in total. The van der Waals surface area contributed by atoms with Crippen LogP contribution in [0.15, 0.2) is 0 Å². The SMILES string of the molecule is COCCN(CCOC)c1nc(C(C)(C)C)nc(N)c1C. The van der Waals surface area contributed by atoms with Crippen molar-refractivity contribution in [3.8, 4) is 0 Å². The van der Waals surface area contributed by atoms with Crippen molar-refractivity contribution in [1.82, 2.24) is 9.97 Å². The molecule has 0 aliphatic carbocycles. The topological polar surface area (TPSA) is 73.5 Å². The molecule has 0 fully saturated rings. The molecule has 0 spiro atoms. The zero-order valence-electron chi connectivity index (χ0n) is 14.1. The Bertz CT molecular complexity index is 450. The predicted molar refractivity (Wildman–Crippen MR) is 85.8 cm³/mol. The summed E-state index contributed by atoms with van der Waals surface area (Å²) in [6.07, 6.45) is 0. The van der Waals surface area contributed by atoms with Crippen LogP contribution in [0.4, 0.5) is 11.6 Å². The van der Waals surface area contributed by atoms with E-state index in [-0.39, 0.29) is 5.41 Å². The van der Waals surface area contributed by atoms with Gasteiger partial charge in [0.15, 0.2) is 0 Å². The van der Waals surface area contributed by atoms with Crippen molar-refractivity contribution in [3.63, 3.8) is 0 Å². The highest BCUT2D eigenvalue weighted by molar-refractivity contribution is 5.57. The molecule has 2 N–H and O–H groups in total. The standard InChI is InChI=1S/C15H28N4O2/c1-11-12(16)17-14(15(2,3)4)18-13(11)19(7-9-20-5)8-10-21-6/h7-10H2,1-6H3,(H2,16,17,18). The van der Waals surface area contributed by atoms with Crippen molar-refractivity contribution in [2.24, 2.45) is 0 Å². The molecular weight excluding hydrogens is 268 g/mol. The minimum absolute atomic E-state index is 0.148. The highest BCUT2D eigenvalue weighted by Gasteiger charge is 2.22. The third-order valence-corrected chi connectivity index (χ3v) is 3.26. The van der Waals surface area contributed by atoms with Gasteiger partial charge in [-0.3, -0.25) is 0 Å². The van der Waals surface area contributed by atoms with E-state index in [0.717, 1.165) is 30.3 Å². The maximum absolute atomic E-state index is 6.07. The van der Waals surface area contributed by atoms with Crippen LogP contribution in [0, 0.1) is 6.92 Å². The lowest BCUT2D eigenvalue weighted by atomic mass is 9.95. The van der Waals surface area contributed by atoms with Gasteiger partial charge < -0.3 is 20.1 Å². The van der Waals surface area contributed by atoms with Crippen molar-refractivity contribution < 1.29 is 9.47 Å². The van der Waals surface area contributed by atoms with Crippen LogP contribution in [0.2, 0.25) is 0 Å². The second kappa shape index (κ2) is 7.56. The Balaban J connectivity index is 3.18. The Hall–Kier alpha value is -1.40. The van der Waals surface area contributed by atoms with Crippen molar-refractivity contribution in [2.45, 2.75) is 33.1 Å². The quantitative estimate of drug-likeness (QED) is 0.826. The van der Waals surface area contributed by atoms with Crippen molar-refractivity contribution >= 4 is 11.6 Å². The van der Waals surface area contributed by atoms with Crippen molar-refractivity contribution in [2.75, 3.05) is 51.2 Å². The fourth-order valence-electron chi connectivity index (χ4n) is 1.89. The lowest BCUT2D eigenvalue weighted by Crippen LogP contribution is -2.33. The van der Waals surface area contributed by atoms with Crippen LogP contribution in [0.25, 0.3) is 0 Å². The van der Waals surface area contributed by atoms with E-state index in [2.05, 4.69) is 30.7 Å². The number of aromatic nitrogens is 2. The van der Waals surface area contributed by atoms with E-state index >= 15 is 0 Å². The summed E-state index contributed by atoms with van der Waals surface area (Å²) in [5.74, 6) is 2.15. The van der Waals surface area contributed by atoms with Crippen LogP contribution in [0.5, 0.6) is 0 Å². The number of hydrogen-bond donors (Lipinski definition) is 1. The molecule has 0 saturated heterocycles. The lowest BCUT2D eigenvalue weighted by molar-refractivity contribution is 0.190. The number of anilines is 2. The van der Waals surface area contributed by atoms with Crippen LogP contribution < -0.4 is 10.6 Å². The molecule has 0 aliphatic heterocycles. The Labute approximate surface area is 127 Å². The van der Waals surface area contributed by atoms with Crippen LogP contribution in [-0.2, 0) is 14.9 Å². The molecular formula is C15H28N4O2. The Morgan fingerprint density at radius 2 is 1.57 bits per heavy atom. The summed E-state index contributed by atoms with van der Waals surface area (Å²) in [6, 6.07) is 0. The van der Waals surface area contributed by atoms with Gasteiger partial charge in [-0.2, -0.15) is 0 Å². The number of rotatable bonds is 7. The van der Waals surface area contributed by atoms with Crippen molar-refractivity contribution in [1.29, 1.82) is 0 Å². The molecule has 0 atom stereocenters. The third-order valence-electron chi connectivity index (χ3n) is 3.26. The molecule has 1 rings (SSSR count). The van der Waals surface area contributed by atoms with E-state index in [9.17, 15) is 0 Å². The van der Waals surface area contributed by atoms with E-state index in [4.69, 9.17) is 20.2 Å². The Morgan fingerprint density at radius 1 is 1.05 bits per heavy atom. The fraction of sp³-hybridized carbons (Fsp3) is 0.733. The van der Waals surface area contributed by atoms with Crippen LogP contribution in [0.3, 0.4) is 0 Å². The lowest BCUT2D eigenvalue weighted by Gasteiger charge is -2.27. The van der Waals surface area contributed by atoms with Crippen LogP contribution in [-0.4, -0.2) is 50.5 Å². The van der Waals surface area contributed by atoms with Gasteiger partial charge in [-0.1, -0.05) is 20.8 Å². The molecule has 1 aromatic heterocycles. The monoisotopic (exact) mass is 296 g/mol. The molecule has 0 amide bonds. The molecule has 0 unspecified atom stereocenters. The van der Waals surface area contributed by atoms with Crippen LogP contribution in [0.1, 0.15) is 32.2 Å². The smallest absolute Gasteiger partial charge is 0.138 e. The van der Waals surface area contributed by atoms with Gasteiger partial charge in [-0.15, -0.1) is 0 Å². The van der Waals surface area contributed by atoms with Gasteiger partial charge >= 0.3 is 0 Å². The first-order valence-electron chi connectivity index (χ1n) is 7.18. The Morgan fingerprint density at radius 3 is 2.00 bits per heavy atom. The largest absolute Gasteiger partial charge is 0.383 e. The summed E-state index contributed by atoms with van der Waals surface area (Å²) in [7, 11) is 3.38. The molecule has 6 heteroatoms. The number of nitrogens with two attached hydrogens (primary N) is 1. The van der Waals surface area contributed by atoms with Gasteiger partial charge in [-0.25, -0.2) is 9.97 Å². The maximum atomic E-state index is 6.07. The molecule has 21 heavy (non-hydrogen) atoms. The first-order valence-corrected chi connectivity index (χ1v) is 7.18. The van der Waals surface area contributed by atoms with Gasteiger partial charge in [0.05, 0.1) is 13.2 Å². The third kappa shape index (κ3) is 4.82. The number of methoxy groups -OCH3 is 2. The zero-order valence-corrected chi connectivity index (χ0v) is 14.1. The second-order valence-corrected chi connectivity index (χ2v) is 6.10. The number of ether oxygens (including phenoxy) is 2. The van der Waals surface area contributed by atoms with Gasteiger partial charge in [-0.05, 0) is 6.92 Å². The normalized spacial score (nSPS) is 11.7. The summed E-state index contributed by atoms with van der Waals surface area (Å²) in [5, 5.41) is 0. The fourth-order valence-corrected chi connectivity index (χ4v) is 1.89. The average Bonchev–Trinajstić information content (AvgIpc) is 2.41. The number of nitrogens with zero attached hydrogens (tertiary/aromatic N) is 3. The molecule has 1 heterocycles. The second-order valence-electron chi connectivity index (χ2n) is 6.10. The first kappa shape index (κ1) is 17.7. The molecule has 0 radical (unpaired) electrons. The maximum Gasteiger partial charge on any atom is 0.138 e. The van der Waals surface area contributed by atoms with E-state index in [1.807, 2.05) is 6.92 Å². The number of nitrogen functional groups attached to an aromatic ring is 1. The highest BCUT2D eigenvalue weighted by atomic mass is 16.5. The molecule has 1 aromatic rings. The summed E-state index contributed by atoms with van der Waals surface area (Å²) in [5.41, 5.74) is 6.82. The Kier molecular flexibility index (Phi) is 6.36. The summed E-state index contributed by atoms with van der Waals surface area (Å²) in [6.45, 7) is 10.9. The highest BCUT2D eigenvalue weighted by Crippen LogP contribution is 2.26. The molecule has 120 valence electrons. The molecule has 0 aliphatic rings. The van der Waals surface area contributed by atoms with E-state index in [1.54, 1.807) is 14.2 Å². The first-order chi connectivity index (χ1) is 9.81. The summed E-state index contributed by atoms with van der Waals surface area (Å²) >= 11 is 0. The predicted octanol–water partition coefficient (Wildman–Crippen LogP) is 1.76. The van der Waals surface area contributed by atoms with E-state index in [0.29, 0.717) is 19.0 Å². The van der Waals surface area contributed by atoms with Gasteiger partial charge in [0.25, 0.3) is 0 Å². The van der Waals surface area contributed by atoms with E-state index < -0.39 is 0 Å². The van der Waals surface area contributed by atoms with Crippen molar-refractivity contribution in [3.05, 3.63) is 11.4 Å². The summed E-state index contributed by atoms with van der Waals surface area (Å²) in [4.78, 5) is 11.3. The van der Waals surface area contributed by atoms with Gasteiger partial charge in [0, 0.05) is 38.3 Å². The summed E-state index contributed by atoms with van der Waals surface area (Å²) < 4.78 is 10.4. The minimum Gasteiger partial charge on any atom is -0.383 e. The molecule has 0 bridgehead atoms. The van der Waals surface area contributed by atoms with Gasteiger partial charge in [0.2, 0.25) is 0 Å². The van der Waals surface area contributed by atoms with Crippen LogP contribution >= 0.6 is 0 Å². The number of hydrogen-bond acceptors (Lipinski definition) is 6. The molecule has 0 saturated carbocycles. The van der Waals surface area contributed by atoms with E-state index in [1.165, 1.54) is 0 Å². The minimum atomic E-state index is -0.148. The molecule has 0 aromatic carbocycles. The van der Waals surface area contributed by atoms with Gasteiger partial charge in [0.1, 0.15) is 17.5 Å². The zero-order chi connectivity index (χ0) is 16.0. The average molecular weight is 296 g/mol.